The van der Waals surface area contributed by atoms with Crippen molar-refractivity contribution in [2.24, 2.45) is 11.8 Å². The Morgan fingerprint density at radius 3 is 2.84 bits per heavy atom. The van der Waals surface area contributed by atoms with Gasteiger partial charge in [-0.15, -0.1) is 0 Å². The van der Waals surface area contributed by atoms with Crippen molar-refractivity contribution in [1.29, 1.82) is 0 Å². The Bertz CT molecular complexity index is 434. The van der Waals surface area contributed by atoms with E-state index in [1.807, 2.05) is 12.1 Å². The molecule has 1 aliphatic rings. The number of hydrogen-bond donors (Lipinski definition) is 1. The molecule has 1 aliphatic carbocycles. The summed E-state index contributed by atoms with van der Waals surface area (Å²) < 4.78 is 0. The Labute approximate surface area is 114 Å². The van der Waals surface area contributed by atoms with E-state index >= 15 is 0 Å². The Balaban J connectivity index is 1.78. The second-order valence-corrected chi connectivity index (χ2v) is 5.51. The monoisotopic (exact) mass is 262 g/mol. The van der Waals surface area contributed by atoms with Gasteiger partial charge in [-0.05, 0) is 37.8 Å². The van der Waals surface area contributed by atoms with Gasteiger partial charge in [0, 0.05) is 11.6 Å². The van der Waals surface area contributed by atoms with E-state index < -0.39 is 0 Å². The van der Waals surface area contributed by atoms with E-state index in [0.29, 0.717) is 0 Å². The first kappa shape index (κ1) is 14.0. The van der Waals surface area contributed by atoms with E-state index in [9.17, 15) is 10.1 Å². The van der Waals surface area contributed by atoms with Crippen LogP contribution in [0.15, 0.2) is 24.3 Å². The van der Waals surface area contributed by atoms with Gasteiger partial charge >= 0.3 is 0 Å². The molecule has 0 saturated heterocycles. The molecule has 0 heterocycles. The van der Waals surface area contributed by atoms with Crippen molar-refractivity contribution in [3.63, 3.8) is 0 Å². The molecular weight excluding hydrogens is 240 g/mol. The molecule has 2 unspecified atom stereocenters. The molecule has 1 saturated carbocycles. The molecule has 2 atom stereocenters. The minimum atomic E-state index is -0.297. The number of rotatable bonds is 6. The number of para-hydroxylation sites is 1. The van der Waals surface area contributed by atoms with Crippen molar-refractivity contribution in [2.75, 3.05) is 13.1 Å². The van der Waals surface area contributed by atoms with Gasteiger partial charge in [0.05, 0.1) is 4.92 Å². The van der Waals surface area contributed by atoms with Crippen LogP contribution >= 0.6 is 0 Å². The maximum absolute atomic E-state index is 10.9. The van der Waals surface area contributed by atoms with Gasteiger partial charge in [-0.2, -0.15) is 0 Å². The van der Waals surface area contributed by atoms with E-state index in [0.717, 1.165) is 36.9 Å². The summed E-state index contributed by atoms with van der Waals surface area (Å²) in [6.45, 7) is 4.18. The molecule has 4 nitrogen and oxygen atoms in total. The summed E-state index contributed by atoms with van der Waals surface area (Å²) in [6, 6.07) is 7.00. The molecule has 19 heavy (non-hydrogen) atoms. The van der Waals surface area contributed by atoms with E-state index in [-0.39, 0.29) is 10.6 Å². The zero-order valence-electron chi connectivity index (χ0n) is 11.5. The lowest BCUT2D eigenvalue weighted by Gasteiger charge is -2.15. The van der Waals surface area contributed by atoms with Gasteiger partial charge < -0.3 is 5.32 Å². The number of nitrogens with zero attached hydrogens (tertiary/aromatic N) is 1. The summed E-state index contributed by atoms with van der Waals surface area (Å²) in [7, 11) is 0. The van der Waals surface area contributed by atoms with Crippen molar-refractivity contribution < 1.29 is 4.92 Å². The predicted octanol–water partition coefficient (Wildman–Crippen LogP) is 3.16. The standard InChI is InChI=1S/C15H22N2O2/c1-12-5-4-7-14(12)11-16-10-9-13-6-2-3-8-15(13)17(18)19/h2-3,6,8,12,14,16H,4-5,7,9-11H2,1H3. The van der Waals surface area contributed by atoms with Crippen molar-refractivity contribution in [2.45, 2.75) is 32.6 Å². The van der Waals surface area contributed by atoms with E-state index in [1.54, 1.807) is 12.1 Å². The third-order valence-corrected chi connectivity index (χ3v) is 4.21. The van der Waals surface area contributed by atoms with Crippen molar-refractivity contribution in [1.82, 2.24) is 5.32 Å². The minimum absolute atomic E-state index is 0.235. The molecule has 0 amide bonds. The summed E-state index contributed by atoms with van der Waals surface area (Å²) in [4.78, 5) is 10.6. The maximum atomic E-state index is 10.9. The van der Waals surface area contributed by atoms with Crippen LogP contribution < -0.4 is 5.32 Å². The molecule has 1 aromatic carbocycles. The quantitative estimate of drug-likeness (QED) is 0.486. The van der Waals surface area contributed by atoms with E-state index in [2.05, 4.69) is 12.2 Å². The Hall–Kier alpha value is -1.42. The molecule has 1 N–H and O–H groups in total. The van der Waals surface area contributed by atoms with E-state index in [4.69, 9.17) is 0 Å². The van der Waals surface area contributed by atoms with Gasteiger partial charge in [0.25, 0.3) is 5.69 Å². The molecule has 0 aromatic heterocycles. The summed E-state index contributed by atoms with van der Waals surface area (Å²) >= 11 is 0. The summed E-state index contributed by atoms with van der Waals surface area (Å²) in [5.41, 5.74) is 1.05. The molecule has 104 valence electrons. The topological polar surface area (TPSA) is 55.2 Å². The molecule has 0 bridgehead atoms. The zero-order chi connectivity index (χ0) is 13.7. The molecule has 4 heteroatoms. The van der Waals surface area contributed by atoms with Crippen LogP contribution in [0.25, 0.3) is 0 Å². The second kappa shape index (κ2) is 6.66. The molecular formula is C15H22N2O2. The lowest BCUT2D eigenvalue weighted by atomic mass is 9.98. The molecule has 2 rings (SSSR count). The second-order valence-electron chi connectivity index (χ2n) is 5.51. The van der Waals surface area contributed by atoms with Crippen molar-refractivity contribution in [3.05, 3.63) is 39.9 Å². The number of nitro benzene ring substituents is 1. The smallest absolute Gasteiger partial charge is 0.272 e. The van der Waals surface area contributed by atoms with Gasteiger partial charge in [0.2, 0.25) is 0 Å². The highest BCUT2D eigenvalue weighted by atomic mass is 16.6. The first-order chi connectivity index (χ1) is 9.18. The first-order valence-corrected chi connectivity index (χ1v) is 7.11. The van der Waals surface area contributed by atoms with Gasteiger partial charge in [0.1, 0.15) is 0 Å². The van der Waals surface area contributed by atoms with Crippen LogP contribution in [0.3, 0.4) is 0 Å². The third-order valence-electron chi connectivity index (χ3n) is 4.21. The maximum Gasteiger partial charge on any atom is 0.272 e. The van der Waals surface area contributed by atoms with Crippen molar-refractivity contribution in [3.8, 4) is 0 Å². The van der Waals surface area contributed by atoms with Crippen LogP contribution in [0, 0.1) is 22.0 Å². The highest BCUT2D eigenvalue weighted by Gasteiger charge is 2.22. The van der Waals surface area contributed by atoms with Crippen molar-refractivity contribution >= 4 is 5.69 Å². The lowest BCUT2D eigenvalue weighted by molar-refractivity contribution is -0.385. The van der Waals surface area contributed by atoms with Crippen LogP contribution in [0.4, 0.5) is 5.69 Å². The van der Waals surface area contributed by atoms with Gasteiger partial charge in [-0.1, -0.05) is 38.0 Å². The zero-order valence-corrected chi connectivity index (χ0v) is 11.5. The van der Waals surface area contributed by atoms with Gasteiger partial charge in [-0.25, -0.2) is 0 Å². The number of nitrogens with one attached hydrogen (secondary N) is 1. The largest absolute Gasteiger partial charge is 0.316 e. The summed E-state index contributed by atoms with van der Waals surface area (Å²) in [5, 5.41) is 14.3. The number of hydrogen-bond acceptors (Lipinski definition) is 3. The van der Waals surface area contributed by atoms with Crippen LogP contribution in [0.5, 0.6) is 0 Å². The SMILES string of the molecule is CC1CCCC1CNCCc1ccccc1[N+](=O)[O-]. The average Bonchev–Trinajstić information content (AvgIpc) is 2.80. The fourth-order valence-electron chi connectivity index (χ4n) is 2.94. The normalized spacial score (nSPS) is 22.6. The van der Waals surface area contributed by atoms with E-state index in [1.165, 1.54) is 19.3 Å². The summed E-state index contributed by atoms with van der Waals surface area (Å²) in [5.74, 6) is 1.60. The van der Waals surface area contributed by atoms with Crippen LogP contribution in [0.2, 0.25) is 0 Å². The summed E-state index contributed by atoms with van der Waals surface area (Å²) in [6.07, 6.45) is 4.73. The Morgan fingerprint density at radius 1 is 1.37 bits per heavy atom. The Morgan fingerprint density at radius 2 is 2.16 bits per heavy atom. The van der Waals surface area contributed by atoms with Crippen LogP contribution in [0.1, 0.15) is 31.7 Å². The first-order valence-electron chi connectivity index (χ1n) is 7.11. The number of benzene rings is 1. The molecule has 1 fully saturated rings. The Kier molecular flexibility index (Phi) is 4.91. The van der Waals surface area contributed by atoms with Gasteiger partial charge in [0.15, 0.2) is 0 Å². The molecule has 0 aliphatic heterocycles. The highest BCUT2D eigenvalue weighted by Crippen LogP contribution is 2.30. The predicted molar refractivity (Wildman–Crippen MR) is 76.2 cm³/mol. The molecule has 1 aromatic rings. The lowest BCUT2D eigenvalue weighted by Crippen LogP contribution is -2.26. The fourth-order valence-corrected chi connectivity index (χ4v) is 2.94. The minimum Gasteiger partial charge on any atom is -0.316 e. The van der Waals surface area contributed by atoms with Crippen LogP contribution in [-0.4, -0.2) is 18.0 Å². The molecule has 0 spiro atoms. The number of nitro groups is 1. The van der Waals surface area contributed by atoms with Crippen LogP contribution in [-0.2, 0) is 6.42 Å². The van der Waals surface area contributed by atoms with Gasteiger partial charge in [-0.3, -0.25) is 10.1 Å². The molecule has 0 radical (unpaired) electrons. The highest BCUT2D eigenvalue weighted by molar-refractivity contribution is 5.39. The third kappa shape index (κ3) is 3.77. The average molecular weight is 262 g/mol. The fraction of sp³-hybridized carbons (Fsp3) is 0.600.